The van der Waals surface area contributed by atoms with Gasteiger partial charge in [0.25, 0.3) is 0 Å². The van der Waals surface area contributed by atoms with E-state index in [0.29, 0.717) is 31.1 Å². The summed E-state index contributed by atoms with van der Waals surface area (Å²) in [5.74, 6) is 1.81. The third-order valence-electron chi connectivity index (χ3n) is 19.9. The largest absolute Gasteiger partial charge is 0.505 e. The molecule has 0 aliphatic rings. The number of hydrogen-bond donors (Lipinski definition) is 2. The Kier molecular flexibility index (Phi) is 34.2. The summed E-state index contributed by atoms with van der Waals surface area (Å²) in [5.41, 5.74) is 17.7. The topological polar surface area (TPSA) is 68.8 Å². The summed E-state index contributed by atoms with van der Waals surface area (Å²) in [6.45, 7) is 56.5. The van der Waals surface area contributed by atoms with Gasteiger partial charge in [0.2, 0.25) is 0 Å². The van der Waals surface area contributed by atoms with Crippen LogP contribution in [-0.2, 0) is 32.5 Å². The average molecular weight is 1820 g/mol. The Hall–Kier alpha value is 0.300. The van der Waals surface area contributed by atoms with Crippen molar-refractivity contribution in [3.05, 3.63) is 178 Å². The zero-order valence-corrected chi connectivity index (χ0v) is 88.3. The molecule has 6 nitrogen and oxygen atoms in total. The molecule has 0 radical (unpaired) electrons. The van der Waals surface area contributed by atoms with Crippen LogP contribution in [0.25, 0.3) is 77.2 Å². The van der Waals surface area contributed by atoms with Crippen molar-refractivity contribution in [2.24, 2.45) is 10.8 Å². The van der Waals surface area contributed by atoms with Crippen molar-refractivity contribution in [2.45, 2.75) is 225 Å². The quantitative estimate of drug-likeness (QED) is 0.0625. The molecule has 0 amide bonds. The van der Waals surface area contributed by atoms with Gasteiger partial charge < -0.3 is 28.8 Å². The molecule has 0 saturated heterocycles. The fraction of sp³-hybridized carbons (Fsp3) is 0.442. The Morgan fingerprint density at radius 2 is 0.609 bits per heavy atom. The predicted octanol–water partition coefficient (Wildman–Crippen LogP) is 34.0. The van der Waals surface area contributed by atoms with Gasteiger partial charge in [-0.05, 0) is 249 Å². The van der Waals surface area contributed by atoms with Crippen LogP contribution in [0.4, 0.5) is 0 Å². The standard InChI is InChI=1S/C85H106N2O4.CH4.H14P12.H8P6/c1-52-26-36-74(64(40-52)66-46-58(84(21,22)50-78(3,4)5)48-72(76(66)88)86-68-32-28-54(80(9,10)11)42-60(68)61-43-55(81(12,13)14)29-33-69(61)86)90-38-25-39-91-75-37-27-53(2)41-65(75)67-47-59(85(23,24)51-79(6,7)8)49-73(77(67)89)87-70-34-30-56(82(15,16)17)44-62(70)63-45-57(83(18,19)20)31-35-71(63)87;;1-8(2)11(7)12(9(3)4)10(5)6;1-5(2)6(3)4/h26-37,40-49,88-89H,25,38-39,50-51H2,1-24H3;1H4;1-7H2;1-4H2. The number of nitrogens with zero attached hydrogens (tertiary/aromatic N) is 2. The molecule has 2 heterocycles. The van der Waals surface area contributed by atoms with Crippen molar-refractivity contribution >= 4 is 191 Å². The minimum Gasteiger partial charge on any atom is -0.505 e. The number of benzene rings is 8. The number of aryl methyl sites for hydroxylation is 2. The lowest BCUT2D eigenvalue weighted by Gasteiger charge is -2.34. The van der Waals surface area contributed by atoms with E-state index in [1.54, 1.807) is 0 Å². The maximum atomic E-state index is 13.2. The molecular formula is C86H132N2O4P18. The van der Waals surface area contributed by atoms with Crippen molar-refractivity contribution in [3.63, 3.8) is 0 Å². The number of ether oxygens (including phenoxy) is 2. The van der Waals surface area contributed by atoms with Gasteiger partial charge in [-0.2, -0.15) is 0 Å². The smallest absolute Gasteiger partial charge is 0.147 e. The molecule has 12 unspecified atom stereocenters. The Morgan fingerprint density at radius 1 is 0.327 bits per heavy atom. The third kappa shape index (κ3) is 24.3. The number of aromatic nitrogens is 2. The first kappa shape index (κ1) is 97.4. The van der Waals surface area contributed by atoms with Crippen LogP contribution in [0, 0.1) is 24.7 Å². The Morgan fingerprint density at radius 3 is 0.836 bits per heavy atom. The molecule has 2 aromatic heterocycles. The van der Waals surface area contributed by atoms with Crippen molar-refractivity contribution in [1.82, 2.24) is 9.13 Å². The summed E-state index contributed by atoms with van der Waals surface area (Å²) in [5, 5.41) is 31.0. The van der Waals surface area contributed by atoms with Crippen LogP contribution in [0.1, 0.15) is 224 Å². The average Bonchev–Trinajstić information content (AvgIpc) is 1.55. The van der Waals surface area contributed by atoms with Gasteiger partial charge in [-0.1, -0.05) is 207 Å². The minimum atomic E-state index is -0.260. The highest BCUT2D eigenvalue weighted by Crippen LogP contribution is 3.16. The van der Waals surface area contributed by atoms with Crippen LogP contribution >= 0.6 is 147 Å². The molecule has 8 aromatic carbocycles. The van der Waals surface area contributed by atoms with E-state index in [2.05, 4.69) is 407 Å². The molecule has 0 spiro atoms. The second kappa shape index (κ2) is 38.6. The third-order valence-corrected chi connectivity index (χ3v) is 108. The highest BCUT2D eigenvalue weighted by molar-refractivity contribution is 9.22. The molecule has 24 heteroatoms. The summed E-state index contributed by atoms with van der Waals surface area (Å²) >= 11 is 0. The van der Waals surface area contributed by atoms with Gasteiger partial charge in [0.05, 0.1) is 46.7 Å². The van der Waals surface area contributed by atoms with Gasteiger partial charge in [-0.15, -0.1) is 98.2 Å². The van der Waals surface area contributed by atoms with Crippen LogP contribution < -0.4 is 9.47 Å². The normalized spacial score (nSPS) is 13.3. The van der Waals surface area contributed by atoms with E-state index >= 15 is 0 Å². The van der Waals surface area contributed by atoms with Gasteiger partial charge in [-0.25, -0.2) is 0 Å². The monoisotopic (exact) mass is 1810 g/mol. The molecule has 600 valence electrons. The summed E-state index contributed by atoms with van der Waals surface area (Å²) in [4.78, 5) is 0. The van der Waals surface area contributed by atoms with Gasteiger partial charge in [0, 0.05) is 50.2 Å². The molecule has 0 saturated carbocycles. The molecule has 10 aromatic rings. The fourth-order valence-corrected chi connectivity index (χ4v) is 117. The Bertz CT molecular complexity index is 4440. The molecule has 110 heavy (non-hydrogen) atoms. The fourth-order valence-electron chi connectivity index (χ4n) is 14.9. The number of phenols is 2. The summed E-state index contributed by atoms with van der Waals surface area (Å²) in [6.07, 6.45) is 2.44. The lowest BCUT2D eigenvalue weighted by atomic mass is 9.71. The zero-order chi connectivity index (χ0) is 81.7. The van der Waals surface area contributed by atoms with Crippen molar-refractivity contribution < 1.29 is 19.7 Å². The molecule has 0 aliphatic heterocycles. The summed E-state index contributed by atoms with van der Waals surface area (Å²) in [7, 11) is 32.2. The van der Waals surface area contributed by atoms with Gasteiger partial charge in [0.15, 0.2) is 0 Å². The van der Waals surface area contributed by atoms with Gasteiger partial charge in [0.1, 0.15) is 23.0 Å². The first-order valence-corrected chi connectivity index (χ1v) is 68.0. The van der Waals surface area contributed by atoms with Crippen molar-refractivity contribution in [1.29, 1.82) is 0 Å². The zero-order valence-electron chi connectivity index (χ0n) is 69.3. The minimum absolute atomic E-state index is 0. The SMILES string of the molecule is C.Cc1ccc(OCCCOc2ccc(C)cc2-c2cc(C(C)(C)CC(C)(C)C)cc(-n3c4ccc(C(C)(C)C)cc4c4cc(C(C)(C)C)ccc43)c2O)c(-c2cc(C(C)(C)CC(C)(C)C)cc(-n3c4ccc(C(C)(C)C)cc4c4cc(C(C)(C)C)ccc43)c2O)c1.PP(P)P(P)P.PP(P)P(P)P(P(P)P)P(P)P. The molecule has 0 aliphatic carbocycles. The highest BCUT2D eigenvalue weighted by atomic mass is 33.3. The number of phenolic OH excluding ortho intramolecular Hbond substituents is 2. The first-order chi connectivity index (χ1) is 50.0. The second-order valence-electron chi connectivity index (χ2n) is 37.2. The van der Waals surface area contributed by atoms with E-state index in [0.717, 1.165) is 90.8 Å². The number of fused-ring (bicyclic) bond motifs is 6. The van der Waals surface area contributed by atoms with E-state index in [1.165, 1.54) is 43.8 Å². The lowest BCUT2D eigenvalue weighted by molar-refractivity contribution is 0.248. The first-order valence-electron chi connectivity index (χ1n) is 37.3. The second-order valence-corrected chi connectivity index (χ2v) is 102. The summed E-state index contributed by atoms with van der Waals surface area (Å²) in [6, 6.07) is 49.0. The van der Waals surface area contributed by atoms with E-state index < -0.39 is 0 Å². The van der Waals surface area contributed by atoms with Crippen LogP contribution in [0.15, 0.2) is 133 Å². The van der Waals surface area contributed by atoms with E-state index in [4.69, 9.17) is 9.47 Å². The van der Waals surface area contributed by atoms with Crippen molar-refractivity contribution in [2.75, 3.05) is 13.2 Å². The van der Waals surface area contributed by atoms with Crippen molar-refractivity contribution in [3.8, 4) is 56.6 Å². The number of aromatic hydroxyl groups is 2. The highest BCUT2D eigenvalue weighted by Gasteiger charge is 2.35. The van der Waals surface area contributed by atoms with E-state index in [1.807, 2.05) is 0 Å². The summed E-state index contributed by atoms with van der Waals surface area (Å²) < 4.78 is 18.4. The Balaban J connectivity index is 0.000000786. The lowest BCUT2D eigenvalue weighted by Crippen LogP contribution is -2.25. The van der Waals surface area contributed by atoms with Gasteiger partial charge >= 0.3 is 0 Å². The number of rotatable bonds is 19. The Labute approximate surface area is 697 Å². The molecular weight excluding hydrogens is 1680 g/mol. The molecule has 0 bridgehead atoms. The van der Waals surface area contributed by atoms with Crippen LogP contribution in [0.5, 0.6) is 23.0 Å². The van der Waals surface area contributed by atoms with Gasteiger partial charge in [-0.3, -0.25) is 0 Å². The van der Waals surface area contributed by atoms with E-state index in [9.17, 15) is 10.2 Å². The number of hydrogen-bond acceptors (Lipinski definition) is 4. The molecule has 10 rings (SSSR count). The predicted molar refractivity (Wildman–Crippen MR) is 552 cm³/mol. The molecule has 0 fully saturated rings. The molecule has 12 atom stereocenters. The molecule has 2 N–H and O–H groups in total. The van der Waals surface area contributed by atoms with Crippen LogP contribution in [0.3, 0.4) is 0 Å². The maximum absolute atomic E-state index is 13.2. The van der Waals surface area contributed by atoms with E-state index in [-0.39, 0.29) is 111 Å². The maximum Gasteiger partial charge on any atom is 0.147 e. The van der Waals surface area contributed by atoms with Crippen LogP contribution in [0.2, 0.25) is 0 Å². The van der Waals surface area contributed by atoms with Crippen LogP contribution in [-0.4, -0.2) is 32.6 Å².